The Labute approximate surface area is 182 Å². The molecular weight excluding hydrogens is 426 g/mol. The standard InChI is InChI=1S/C20H18ClN5OS2/c1-27-17-10-6-5-9-15(17)19-23-24-20(28-13-16-18(21)29-25-22-16)26(19)12-11-14-7-3-2-4-8-14/h2-10H,11-13H2,1H3. The van der Waals surface area contributed by atoms with Crippen molar-refractivity contribution >= 4 is 34.9 Å². The maximum absolute atomic E-state index is 6.15. The minimum atomic E-state index is 0.588. The number of thioether (sulfide) groups is 1. The van der Waals surface area contributed by atoms with E-state index in [1.807, 2.05) is 30.3 Å². The molecule has 0 unspecified atom stereocenters. The predicted molar refractivity (Wildman–Crippen MR) is 117 cm³/mol. The number of nitrogens with zero attached hydrogens (tertiary/aromatic N) is 5. The Hall–Kier alpha value is -2.42. The molecule has 0 aliphatic heterocycles. The quantitative estimate of drug-likeness (QED) is 0.357. The van der Waals surface area contributed by atoms with Gasteiger partial charge in [-0.1, -0.05) is 70.3 Å². The number of rotatable bonds is 8. The van der Waals surface area contributed by atoms with Crippen molar-refractivity contribution in [2.24, 2.45) is 0 Å². The number of hydrogen-bond acceptors (Lipinski definition) is 7. The summed E-state index contributed by atoms with van der Waals surface area (Å²) in [5.41, 5.74) is 2.93. The first kappa shape index (κ1) is 19.9. The molecule has 148 valence electrons. The molecule has 2 aromatic carbocycles. The van der Waals surface area contributed by atoms with Crippen LogP contribution >= 0.6 is 34.9 Å². The van der Waals surface area contributed by atoms with Crippen molar-refractivity contribution in [3.8, 4) is 17.1 Å². The molecule has 4 rings (SSSR count). The Balaban J connectivity index is 1.65. The lowest BCUT2D eigenvalue weighted by Crippen LogP contribution is -2.06. The lowest BCUT2D eigenvalue weighted by Gasteiger charge is -2.12. The molecule has 0 saturated carbocycles. The van der Waals surface area contributed by atoms with Gasteiger partial charge in [-0.3, -0.25) is 0 Å². The second-order valence-electron chi connectivity index (χ2n) is 6.18. The van der Waals surface area contributed by atoms with Gasteiger partial charge in [0.05, 0.1) is 12.7 Å². The number of para-hydroxylation sites is 1. The molecule has 4 aromatic rings. The van der Waals surface area contributed by atoms with Gasteiger partial charge in [-0.2, -0.15) is 0 Å². The third-order valence-corrected chi connectivity index (χ3v) is 6.34. The molecule has 0 N–H and O–H groups in total. The van der Waals surface area contributed by atoms with Crippen molar-refractivity contribution < 1.29 is 4.74 Å². The van der Waals surface area contributed by atoms with E-state index < -0.39 is 0 Å². The first-order valence-electron chi connectivity index (χ1n) is 8.96. The summed E-state index contributed by atoms with van der Waals surface area (Å²) >= 11 is 8.89. The molecule has 0 radical (unpaired) electrons. The van der Waals surface area contributed by atoms with Crippen LogP contribution in [0.3, 0.4) is 0 Å². The van der Waals surface area contributed by atoms with Crippen molar-refractivity contribution in [1.82, 2.24) is 24.4 Å². The molecule has 2 aromatic heterocycles. The Morgan fingerprint density at radius 3 is 2.59 bits per heavy atom. The van der Waals surface area contributed by atoms with E-state index in [4.69, 9.17) is 16.3 Å². The molecule has 0 amide bonds. The van der Waals surface area contributed by atoms with Gasteiger partial charge >= 0.3 is 0 Å². The van der Waals surface area contributed by atoms with Gasteiger partial charge in [-0.05, 0) is 24.1 Å². The average Bonchev–Trinajstić information content (AvgIpc) is 3.36. The highest BCUT2D eigenvalue weighted by Crippen LogP contribution is 2.32. The average molecular weight is 444 g/mol. The first-order valence-corrected chi connectivity index (χ1v) is 11.1. The molecule has 0 atom stereocenters. The Bertz CT molecular complexity index is 1080. The second-order valence-corrected chi connectivity index (χ2v) is 8.47. The van der Waals surface area contributed by atoms with Gasteiger partial charge < -0.3 is 9.30 Å². The summed E-state index contributed by atoms with van der Waals surface area (Å²) in [6.45, 7) is 0.746. The molecule has 9 heteroatoms. The minimum absolute atomic E-state index is 0.588. The van der Waals surface area contributed by atoms with Crippen molar-refractivity contribution in [2.45, 2.75) is 23.9 Å². The fraction of sp³-hybridized carbons (Fsp3) is 0.200. The highest BCUT2D eigenvalue weighted by molar-refractivity contribution is 7.98. The van der Waals surface area contributed by atoms with E-state index in [-0.39, 0.29) is 0 Å². The van der Waals surface area contributed by atoms with Gasteiger partial charge in [0.15, 0.2) is 11.0 Å². The van der Waals surface area contributed by atoms with Crippen LogP contribution in [-0.2, 0) is 18.7 Å². The van der Waals surface area contributed by atoms with Crippen molar-refractivity contribution in [1.29, 1.82) is 0 Å². The van der Waals surface area contributed by atoms with Crippen LogP contribution in [-0.4, -0.2) is 31.5 Å². The van der Waals surface area contributed by atoms with Crippen molar-refractivity contribution in [2.75, 3.05) is 7.11 Å². The van der Waals surface area contributed by atoms with Crippen LogP contribution in [0.1, 0.15) is 11.3 Å². The van der Waals surface area contributed by atoms with Gasteiger partial charge in [0.2, 0.25) is 0 Å². The summed E-state index contributed by atoms with van der Waals surface area (Å²) in [5.74, 6) is 2.14. The summed E-state index contributed by atoms with van der Waals surface area (Å²) in [6.07, 6.45) is 0.869. The van der Waals surface area contributed by atoms with E-state index in [0.717, 1.165) is 41.0 Å². The van der Waals surface area contributed by atoms with E-state index in [2.05, 4.69) is 48.6 Å². The topological polar surface area (TPSA) is 65.7 Å². The van der Waals surface area contributed by atoms with Crippen LogP contribution < -0.4 is 4.74 Å². The highest BCUT2D eigenvalue weighted by Gasteiger charge is 2.18. The molecule has 0 fully saturated rings. The van der Waals surface area contributed by atoms with Crippen LogP contribution in [0.25, 0.3) is 11.4 Å². The lowest BCUT2D eigenvalue weighted by molar-refractivity contribution is 0.415. The number of aryl methyl sites for hydroxylation is 1. The van der Waals surface area contributed by atoms with Crippen LogP contribution in [0, 0.1) is 0 Å². The summed E-state index contributed by atoms with van der Waals surface area (Å²) < 4.78 is 12.2. The summed E-state index contributed by atoms with van der Waals surface area (Å²) in [5, 5.41) is 13.8. The SMILES string of the molecule is COc1ccccc1-c1nnc(SCc2nnsc2Cl)n1CCc1ccccc1. The van der Waals surface area contributed by atoms with Crippen molar-refractivity contribution in [3.63, 3.8) is 0 Å². The number of methoxy groups -OCH3 is 1. The van der Waals surface area contributed by atoms with Crippen LogP contribution in [0.5, 0.6) is 5.75 Å². The normalized spacial score (nSPS) is 11.0. The zero-order valence-electron chi connectivity index (χ0n) is 15.7. The number of hydrogen-bond donors (Lipinski definition) is 0. The summed E-state index contributed by atoms with van der Waals surface area (Å²) in [4.78, 5) is 0. The van der Waals surface area contributed by atoms with E-state index >= 15 is 0 Å². The van der Waals surface area contributed by atoms with Crippen LogP contribution in [0.4, 0.5) is 0 Å². The zero-order valence-corrected chi connectivity index (χ0v) is 18.0. The summed E-state index contributed by atoms with van der Waals surface area (Å²) in [6, 6.07) is 18.2. The number of benzene rings is 2. The molecule has 29 heavy (non-hydrogen) atoms. The van der Waals surface area contributed by atoms with E-state index in [9.17, 15) is 0 Å². The third-order valence-electron chi connectivity index (χ3n) is 4.38. The Morgan fingerprint density at radius 1 is 1.03 bits per heavy atom. The highest BCUT2D eigenvalue weighted by atomic mass is 35.5. The molecule has 6 nitrogen and oxygen atoms in total. The van der Waals surface area contributed by atoms with E-state index in [1.165, 1.54) is 17.1 Å². The third kappa shape index (κ3) is 4.60. The van der Waals surface area contributed by atoms with Gasteiger partial charge in [0.1, 0.15) is 15.8 Å². The number of aromatic nitrogens is 5. The minimum Gasteiger partial charge on any atom is -0.496 e. The smallest absolute Gasteiger partial charge is 0.191 e. The van der Waals surface area contributed by atoms with Gasteiger partial charge in [0, 0.05) is 23.8 Å². The molecule has 0 aliphatic rings. The number of ether oxygens (including phenoxy) is 1. The lowest BCUT2D eigenvalue weighted by atomic mass is 10.1. The zero-order chi connectivity index (χ0) is 20.1. The maximum Gasteiger partial charge on any atom is 0.191 e. The molecule has 2 heterocycles. The fourth-order valence-corrected chi connectivity index (χ4v) is 4.62. The van der Waals surface area contributed by atoms with Crippen LogP contribution in [0.2, 0.25) is 4.34 Å². The van der Waals surface area contributed by atoms with Gasteiger partial charge in [-0.25, -0.2) is 0 Å². The molecule has 0 saturated heterocycles. The maximum atomic E-state index is 6.15. The number of halogens is 1. The fourth-order valence-electron chi connectivity index (χ4n) is 2.93. The van der Waals surface area contributed by atoms with Crippen LogP contribution in [0.15, 0.2) is 59.8 Å². The molecular formula is C20H18ClN5OS2. The largest absolute Gasteiger partial charge is 0.496 e. The monoisotopic (exact) mass is 443 g/mol. The van der Waals surface area contributed by atoms with E-state index in [0.29, 0.717) is 10.1 Å². The van der Waals surface area contributed by atoms with Crippen molar-refractivity contribution in [3.05, 3.63) is 70.2 Å². The first-order chi connectivity index (χ1) is 14.3. The molecule has 0 spiro atoms. The van der Waals surface area contributed by atoms with Gasteiger partial charge in [-0.15, -0.1) is 15.3 Å². The van der Waals surface area contributed by atoms with Gasteiger partial charge in [0.25, 0.3) is 0 Å². The Kier molecular flexibility index (Phi) is 6.43. The second kappa shape index (κ2) is 9.39. The predicted octanol–water partition coefficient (Wildman–Crippen LogP) is 4.99. The van der Waals surface area contributed by atoms with E-state index in [1.54, 1.807) is 18.9 Å². The molecule has 0 aliphatic carbocycles. The Morgan fingerprint density at radius 2 is 1.83 bits per heavy atom. The summed E-state index contributed by atoms with van der Waals surface area (Å²) in [7, 11) is 1.66. The molecule has 0 bridgehead atoms.